The largest absolute Gasteiger partial charge is 0.489 e. The molecule has 0 heterocycles. The van der Waals surface area contributed by atoms with Gasteiger partial charge in [0, 0.05) is 0 Å². The molecule has 3 aromatic carbocycles. The zero-order chi connectivity index (χ0) is 18.0. The Morgan fingerprint density at radius 1 is 0.654 bits per heavy atom. The van der Waals surface area contributed by atoms with Crippen molar-refractivity contribution in [3.05, 3.63) is 101 Å². The second-order valence-corrected chi connectivity index (χ2v) is 6.35. The molecule has 0 aliphatic rings. The van der Waals surface area contributed by atoms with Gasteiger partial charge in [0.25, 0.3) is 0 Å². The number of aryl methyl sites for hydroxylation is 1. The van der Waals surface area contributed by atoms with Crippen LogP contribution in [0.25, 0.3) is 0 Å². The lowest BCUT2D eigenvalue weighted by Gasteiger charge is -2.08. The van der Waals surface area contributed by atoms with Crippen molar-refractivity contribution in [1.82, 2.24) is 0 Å². The van der Waals surface area contributed by atoms with Crippen molar-refractivity contribution in [2.75, 3.05) is 6.61 Å². The highest BCUT2D eigenvalue weighted by Gasteiger charge is 2.00. The molecule has 3 heteroatoms. The fourth-order valence-electron chi connectivity index (χ4n) is 2.84. The summed E-state index contributed by atoms with van der Waals surface area (Å²) in [6.45, 7) is 0.918. The third-order valence-electron chi connectivity index (χ3n) is 4.30. The van der Waals surface area contributed by atoms with Crippen LogP contribution in [0, 0.1) is 0 Å². The van der Waals surface area contributed by atoms with Gasteiger partial charge in [-0.2, -0.15) is 0 Å². The summed E-state index contributed by atoms with van der Waals surface area (Å²) in [5.74, 6) is 0.862. The van der Waals surface area contributed by atoms with Gasteiger partial charge in [-0.1, -0.05) is 66.7 Å². The predicted molar refractivity (Wildman–Crippen MR) is 103 cm³/mol. The molecule has 134 valence electrons. The Labute approximate surface area is 154 Å². The number of ether oxygens (including phenoxy) is 1. The van der Waals surface area contributed by atoms with E-state index in [-0.39, 0.29) is 0 Å². The van der Waals surface area contributed by atoms with Gasteiger partial charge in [0.05, 0.1) is 6.61 Å². The molecule has 0 atom stereocenters. The van der Waals surface area contributed by atoms with Crippen LogP contribution in [0.3, 0.4) is 0 Å². The Hall–Kier alpha value is -2.62. The molecule has 3 aromatic rings. The van der Waals surface area contributed by atoms with E-state index >= 15 is 0 Å². The van der Waals surface area contributed by atoms with E-state index in [4.69, 9.17) is 9.99 Å². The lowest BCUT2D eigenvalue weighted by atomic mass is 10.0. The van der Waals surface area contributed by atoms with Crippen LogP contribution in [0.4, 0.5) is 0 Å². The maximum Gasteiger partial charge on any atom is 0.119 e. The molecule has 0 saturated heterocycles. The Kier molecular flexibility index (Phi) is 6.82. The molecule has 0 saturated carbocycles. The van der Waals surface area contributed by atoms with E-state index < -0.39 is 0 Å². The predicted octanol–water partition coefficient (Wildman–Crippen LogP) is 5.28. The first kappa shape index (κ1) is 18.2. The van der Waals surface area contributed by atoms with Crippen LogP contribution < -0.4 is 4.74 Å². The van der Waals surface area contributed by atoms with Gasteiger partial charge in [-0.25, -0.2) is 4.89 Å². The van der Waals surface area contributed by atoms with Gasteiger partial charge in [-0.05, 0) is 53.6 Å². The minimum atomic E-state index is 0.360. The van der Waals surface area contributed by atoms with E-state index in [1.807, 2.05) is 18.2 Å². The van der Waals surface area contributed by atoms with Crippen molar-refractivity contribution in [3.8, 4) is 5.75 Å². The fraction of sp³-hybridized carbons (Fsp3) is 0.217. The van der Waals surface area contributed by atoms with Gasteiger partial charge >= 0.3 is 0 Å². The highest BCUT2D eigenvalue weighted by Crippen LogP contribution is 2.16. The molecule has 3 nitrogen and oxygen atoms in total. The van der Waals surface area contributed by atoms with Gasteiger partial charge in [-0.15, -0.1) is 0 Å². The third kappa shape index (κ3) is 5.73. The van der Waals surface area contributed by atoms with Gasteiger partial charge in [0.2, 0.25) is 0 Å². The molecule has 3 rings (SSSR count). The van der Waals surface area contributed by atoms with E-state index in [9.17, 15) is 0 Å². The summed E-state index contributed by atoms with van der Waals surface area (Å²) < 4.78 is 5.87. The fourth-order valence-corrected chi connectivity index (χ4v) is 2.84. The normalized spacial score (nSPS) is 10.7. The average Bonchev–Trinajstić information content (AvgIpc) is 2.69. The summed E-state index contributed by atoms with van der Waals surface area (Å²) in [6.07, 6.45) is 2.63. The molecule has 0 amide bonds. The van der Waals surface area contributed by atoms with E-state index in [0.29, 0.717) is 13.2 Å². The molecule has 0 aliphatic carbocycles. The van der Waals surface area contributed by atoms with Crippen molar-refractivity contribution in [2.45, 2.75) is 25.9 Å². The lowest BCUT2D eigenvalue weighted by Crippen LogP contribution is -1.97. The first-order valence-corrected chi connectivity index (χ1v) is 8.93. The molecule has 0 radical (unpaired) electrons. The number of rotatable bonds is 9. The number of hydrogen-bond acceptors (Lipinski definition) is 3. The van der Waals surface area contributed by atoms with Gasteiger partial charge in [0.1, 0.15) is 12.4 Å². The minimum absolute atomic E-state index is 0.360. The first-order chi connectivity index (χ1) is 12.8. The summed E-state index contributed by atoms with van der Waals surface area (Å²) in [6, 6.07) is 27.1. The van der Waals surface area contributed by atoms with Crippen molar-refractivity contribution in [1.29, 1.82) is 0 Å². The average molecular weight is 348 g/mol. The molecular weight excluding hydrogens is 324 g/mol. The maximum absolute atomic E-state index is 8.34. The first-order valence-electron chi connectivity index (χ1n) is 8.93. The zero-order valence-corrected chi connectivity index (χ0v) is 14.8. The Morgan fingerprint density at radius 2 is 1.27 bits per heavy atom. The Balaban J connectivity index is 1.48. The summed E-state index contributed by atoms with van der Waals surface area (Å²) >= 11 is 0. The van der Waals surface area contributed by atoms with Crippen molar-refractivity contribution in [2.24, 2.45) is 0 Å². The number of hydrogen-bond donors (Lipinski definition) is 1. The summed E-state index contributed by atoms with van der Waals surface area (Å²) in [4.78, 5) is 4.09. The third-order valence-corrected chi connectivity index (χ3v) is 4.30. The van der Waals surface area contributed by atoms with E-state index in [2.05, 4.69) is 65.6 Å². The second kappa shape index (κ2) is 9.76. The topological polar surface area (TPSA) is 38.7 Å². The SMILES string of the molecule is OOCCCc1ccc(OCc2ccc(Cc3ccccc3)cc2)cc1. The van der Waals surface area contributed by atoms with Crippen LogP contribution in [0.15, 0.2) is 78.9 Å². The molecule has 0 bridgehead atoms. The zero-order valence-electron chi connectivity index (χ0n) is 14.8. The standard InChI is InChI=1S/C23H24O3/c24-26-16-4-7-19-12-14-23(15-13-19)25-18-22-10-8-21(9-11-22)17-20-5-2-1-3-6-20/h1-3,5-6,8-15,24H,4,7,16-18H2. The molecule has 0 spiro atoms. The Bertz CT molecular complexity index is 765. The lowest BCUT2D eigenvalue weighted by molar-refractivity contribution is -0.242. The molecule has 0 fully saturated rings. The molecule has 26 heavy (non-hydrogen) atoms. The molecule has 0 unspecified atom stereocenters. The Morgan fingerprint density at radius 3 is 1.96 bits per heavy atom. The van der Waals surface area contributed by atoms with E-state index in [1.165, 1.54) is 16.7 Å². The van der Waals surface area contributed by atoms with Gasteiger partial charge in [-0.3, -0.25) is 5.26 Å². The smallest absolute Gasteiger partial charge is 0.119 e. The highest BCUT2D eigenvalue weighted by molar-refractivity contribution is 5.30. The monoisotopic (exact) mass is 348 g/mol. The molecule has 1 N–H and O–H groups in total. The summed E-state index contributed by atoms with van der Waals surface area (Å²) in [5, 5.41) is 8.34. The van der Waals surface area contributed by atoms with Gasteiger partial charge < -0.3 is 4.74 Å². The van der Waals surface area contributed by atoms with Crippen molar-refractivity contribution < 1.29 is 14.9 Å². The van der Waals surface area contributed by atoms with Crippen molar-refractivity contribution >= 4 is 0 Å². The second-order valence-electron chi connectivity index (χ2n) is 6.35. The quantitative estimate of drug-likeness (QED) is 0.325. The van der Waals surface area contributed by atoms with E-state index in [1.54, 1.807) is 0 Å². The van der Waals surface area contributed by atoms with Crippen LogP contribution in [-0.2, 0) is 24.3 Å². The van der Waals surface area contributed by atoms with Crippen LogP contribution in [0.1, 0.15) is 28.7 Å². The van der Waals surface area contributed by atoms with Crippen molar-refractivity contribution in [3.63, 3.8) is 0 Å². The molecular formula is C23H24O3. The van der Waals surface area contributed by atoms with E-state index in [0.717, 1.165) is 30.6 Å². The summed E-state index contributed by atoms with van der Waals surface area (Å²) in [5.41, 5.74) is 4.99. The van der Waals surface area contributed by atoms with Gasteiger partial charge in [0.15, 0.2) is 0 Å². The van der Waals surface area contributed by atoms with Crippen LogP contribution in [-0.4, -0.2) is 11.9 Å². The highest BCUT2D eigenvalue weighted by atomic mass is 17.1. The maximum atomic E-state index is 8.34. The summed E-state index contributed by atoms with van der Waals surface area (Å²) in [7, 11) is 0. The molecule has 0 aromatic heterocycles. The van der Waals surface area contributed by atoms with Crippen LogP contribution >= 0.6 is 0 Å². The number of benzene rings is 3. The van der Waals surface area contributed by atoms with Crippen LogP contribution in [0.5, 0.6) is 5.75 Å². The van der Waals surface area contributed by atoms with Crippen LogP contribution in [0.2, 0.25) is 0 Å². The minimum Gasteiger partial charge on any atom is -0.489 e. The molecule has 0 aliphatic heterocycles.